The highest BCUT2D eigenvalue weighted by Crippen LogP contribution is 2.24. The second kappa shape index (κ2) is 7.56. The van der Waals surface area contributed by atoms with E-state index in [9.17, 15) is 14.9 Å². The van der Waals surface area contributed by atoms with Gasteiger partial charge < -0.3 is 9.64 Å². The Morgan fingerprint density at radius 1 is 1.12 bits per heavy atom. The number of amides is 1. The van der Waals surface area contributed by atoms with Crippen molar-refractivity contribution in [2.45, 2.75) is 32.8 Å². The van der Waals surface area contributed by atoms with E-state index in [1.165, 1.54) is 24.3 Å². The maximum absolute atomic E-state index is 12.6. The fourth-order valence-corrected chi connectivity index (χ4v) is 3.10. The number of hydrogen-bond acceptors (Lipinski definition) is 4. The SMILES string of the molecule is Cc1ccc(C)c(OC2CCN(C(=O)c3ccc([N+](=O)[O-])cc3)CC2)c1. The van der Waals surface area contributed by atoms with Gasteiger partial charge in [0, 0.05) is 43.6 Å². The van der Waals surface area contributed by atoms with E-state index < -0.39 is 4.92 Å². The number of carbonyl (C=O) groups is 1. The summed E-state index contributed by atoms with van der Waals surface area (Å²) in [5, 5.41) is 10.7. The molecule has 0 aromatic heterocycles. The molecular weight excluding hydrogens is 332 g/mol. The number of nitro groups is 1. The van der Waals surface area contributed by atoms with Crippen molar-refractivity contribution in [2.75, 3.05) is 13.1 Å². The van der Waals surface area contributed by atoms with Gasteiger partial charge in [0.2, 0.25) is 0 Å². The van der Waals surface area contributed by atoms with Crippen LogP contribution in [0.4, 0.5) is 5.69 Å². The van der Waals surface area contributed by atoms with Gasteiger partial charge in [0.15, 0.2) is 0 Å². The molecular formula is C20H22N2O4. The Bertz CT molecular complexity index is 809. The van der Waals surface area contributed by atoms with Gasteiger partial charge in [-0.15, -0.1) is 0 Å². The van der Waals surface area contributed by atoms with Crippen molar-refractivity contribution >= 4 is 11.6 Å². The summed E-state index contributed by atoms with van der Waals surface area (Å²) in [7, 11) is 0. The smallest absolute Gasteiger partial charge is 0.269 e. The first kappa shape index (κ1) is 17.9. The zero-order chi connectivity index (χ0) is 18.7. The summed E-state index contributed by atoms with van der Waals surface area (Å²) in [6, 6.07) is 11.9. The van der Waals surface area contributed by atoms with Gasteiger partial charge in [-0.25, -0.2) is 0 Å². The molecule has 0 unspecified atom stereocenters. The highest BCUT2D eigenvalue weighted by molar-refractivity contribution is 5.94. The molecule has 1 saturated heterocycles. The van der Waals surface area contributed by atoms with E-state index in [0.717, 1.165) is 29.7 Å². The zero-order valence-electron chi connectivity index (χ0n) is 15.0. The monoisotopic (exact) mass is 354 g/mol. The van der Waals surface area contributed by atoms with Crippen LogP contribution in [0.1, 0.15) is 34.3 Å². The van der Waals surface area contributed by atoms with Crippen molar-refractivity contribution in [1.29, 1.82) is 0 Å². The van der Waals surface area contributed by atoms with Crippen LogP contribution in [0.3, 0.4) is 0 Å². The van der Waals surface area contributed by atoms with Gasteiger partial charge >= 0.3 is 0 Å². The standard InChI is InChI=1S/C20H22N2O4/c1-14-3-4-15(2)19(13-14)26-18-9-11-21(12-10-18)20(23)16-5-7-17(8-6-16)22(24)25/h3-8,13,18H,9-12H2,1-2H3. The van der Waals surface area contributed by atoms with Gasteiger partial charge in [0.1, 0.15) is 11.9 Å². The number of nitro benzene ring substituents is 1. The van der Waals surface area contributed by atoms with Crippen molar-refractivity contribution in [1.82, 2.24) is 4.90 Å². The largest absolute Gasteiger partial charge is 0.490 e. The molecule has 0 N–H and O–H groups in total. The van der Waals surface area contributed by atoms with E-state index in [2.05, 4.69) is 12.1 Å². The van der Waals surface area contributed by atoms with Crippen LogP contribution < -0.4 is 4.74 Å². The molecule has 1 fully saturated rings. The Morgan fingerprint density at radius 2 is 1.77 bits per heavy atom. The number of aryl methyl sites for hydroxylation is 2. The highest BCUT2D eigenvalue weighted by atomic mass is 16.6. The van der Waals surface area contributed by atoms with Crippen LogP contribution in [0.2, 0.25) is 0 Å². The summed E-state index contributed by atoms with van der Waals surface area (Å²) in [5.41, 5.74) is 2.74. The highest BCUT2D eigenvalue weighted by Gasteiger charge is 2.25. The van der Waals surface area contributed by atoms with Gasteiger partial charge in [0.05, 0.1) is 4.92 Å². The van der Waals surface area contributed by atoms with Gasteiger partial charge in [-0.3, -0.25) is 14.9 Å². The Labute approximate surface area is 152 Å². The van der Waals surface area contributed by atoms with Crippen LogP contribution in [0.5, 0.6) is 5.75 Å². The quantitative estimate of drug-likeness (QED) is 0.617. The topological polar surface area (TPSA) is 72.7 Å². The lowest BCUT2D eigenvalue weighted by atomic mass is 10.1. The first-order chi connectivity index (χ1) is 12.4. The molecule has 1 heterocycles. The molecule has 2 aromatic carbocycles. The molecule has 0 spiro atoms. The predicted octanol–water partition coefficient (Wildman–Crippen LogP) is 3.90. The molecule has 1 aliphatic rings. The van der Waals surface area contributed by atoms with Crippen LogP contribution in [-0.2, 0) is 0 Å². The minimum atomic E-state index is -0.468. The van der Waals surface area contributed by atoms with Gasteiger partial charge in [-0.1, -0.05) is 12.1 Å². The number of benzene rings is 2. The Hall–Kier alpha value is -2.89. The summed E-state index contributed by atoms with van der Waals surface area (Å²) < 4.78 is 6.13. The summed E-state index contributed by atoms with van der Waals surface area (Å²) in [6.07, 6.45) is 1.63. The average Bonchev–Trinajstić information content (AvgIpc) is 2.65. The minimum absolute atomic E-state index is 0.0119. The summed E-state index contributed by atoms with van der Waals surface area (Å²) in [5.74, 6) is 0.815. The van der Waals surface area contributed by atoms with Crippen molar-refractivity contribution in [3.63, 3.8) is 0 Å². The fourth-order valence-electron chi connectivity index (χ4n) is 3.10. The lowest BCUT2D eigenvalue weighted by Gasteiger charge is -2.32. The first-order valence-corrected chi connectivity index (χ1v) is 8.71. The van der Waals surface area contributed by atoms with Crippen LogP contribution in [0, 0.1) is 24.0 Å². The molecule has 0 radical (unpaired) electrons. The van der Waals surface area contributed by atoms with E-state index in [0.29, 0.717) is 18.7 Å². The predicted molar refractivity (Wildman–Crippen MR) is 98.6 cm³/mol. The van der Waals surface area contributed by atoms with E-state index >= 15 is 0 Å². The van der Waals surface area contributed by atoms with Gasteiger partial charge in [-0.2, -0.15) is 0 Å². The second-order valence-electron chi connectivity index (χ2n) is 6.68. The van der Waals surface area contributed by atoms with Gasteiger partial charge in [0.25, 0.3) is 11.6 Å². The minimum Gasteiger partial charge on any atom is -0.490 e. The molecule has 0 saturated carbocycles. The number of nitrogens with zero attached hydrogens (tertiary/aromatic N) is 2. The lowest BCUT2D eigenvalue weighted by molar-refractivity contribution is -0.384. The fraction of sp³-hybridized carbons (Fsp3) is 0.350. The number of piperidine rings is 1. The molecule has 136 valence electrons. The van der Waals surface area contributed by atoms with E-state index in [4.69, 9.17) is 4.74 Å². The molecule has 26 heavy (non-hydrogen) atoms. The number of ether oxygens (including phenoxy) is 1. The molecule has 0 aliphatic carbocycles. The maximum atomic E-state index is 12.6. The Morgan fingerprint density at radius 3 is 2.38 bits per heavy atom. The van der Waals surface area contributed by atoms with Crippen LogP contribution >= 0.6 is 0 Å². The Balaban J connectivity index is 1.58. The third-order valence-electron chi connectivity index (χ3n) is 4.69. The van der Waals surface area contributed by atoms with Crippen molar-refractivity contribution in [3.8, 4) is 5.75 Å². The van der Waals surface area contributed by atoms with E-state index in [-0.39, 0.29) is 17.7 Å². The van der Waals surface area contributed by atoms with E-state index in [1.54, 1.807) is 4.90 Å². The third-order valence-corrected chi connectivity index (χ3v) is 4.69. The number of likely N-dealkylation sites (tertiary alicyclic amines) is 1. The Kier molecular flexibility index (Phi) is 5.21. The lowest BCUT2D eigenvalue weighted by Crippen LogP contribution is -2.41. The second-order valence-corrected chi connectivity index (χ2v) is 6.68. The number of rotatable bonds is 4. The number of non-ortho nitro benzene ring substituents is 1. The first-order valence-electron chi connectivity index (χ1n) is 8.71. The number of carbonyl (C=O) groups excluding carboxylic acids is 1. The summed E-state index contributed by atoms with van der Waals surface area (Å²) >= 11 is 0. The van der Waals surface area contributed by atoms with Crippen LogP contribution in [0.15, 0.2) is 42.5 Å². The van der Waals surface area contributed by atoms with E-state index in [1.807, 2.05) is 19.9 Å². The van der Waals surface area contributed by atoms with Crippen molar-refractivity contribution < 1.29 is 14.5 Å². The van der Waals surface area contributed by atoms with Crippen molar-refractivity contribution in [2.24, 2.45) is 0 Å². The summed E-state index contributed by atoms with van der Waals surface area (Å²) in [6.45, 7) is 5.30. The third kappa shape index (κ3) is 4.02. The molecule has 1 aliphatic heterocycles. The normalized spacial score (nSPS) is 14.9. The van der Waals surface area contributed by atoms with Gasteiger partial charge in [-0.05, 0) is 43.2 Å². The maximum Gasteiger partial charge on any atom is 0.269 e. The molecule has 2 aromatic rings. The summed E-state index contributed by atoms with van der Waals surface area (Å²) in [4.78, 5) is 24.6. The van der Waals surface area contributed by atoms with Crippen molar-refractivity contribution in [3.05, 3.63) is 69.3 Å². The molecule has 6 heteroatoms. The molecule has 0 bridgehead atoms. The molecule has 3 rings (SSSR count). The molecule has 6 nitrogen and oxygen atoms in total. The average molecular weight is 354 g/mol. The molecule has 1 amide bonds. The van der Waals surface area contributed by atoms with Crippen LogP contribution in [-0.4, -0.2) is 34.9 Å². The van der Waals surface area contributed by atoms with Crippen LogP contribution in [0.25, 0.3) is 0 Å². The zero-order valence-corrected chi connectivity index (χ0v) is 15.0. The number of hydrogen-bond donors (Lipinski definition) is 0. The molecule has 0 atom stereocenters.